The molecule has 1 fully saturated rings. The minimum atomic E-state index is -0.326. The van der Waals surface area contributed by atoms with E-state index in [1.807, 2.05) is 6.92 Å². The second-order valence-electron chi connectivity index (χ2n) is 4.38. The van der Waals surface area contributed by atoms with Crippen LogP contribution in [-0.4, -0.2) is 37.3 Å². The molecule has 0 radical (unpaired) electrons. The lowest BCUT2D eigenvalue weighted by atomic mass is 10.2. The molecular weight excluding hydrogens is 252 g/mol. The maximum absolute atomic E-state index is 11.5. The molecule has 2 atom stereocenters. The second-order valence-corrected chi connectivity index (χ2v) is 5.38. The lowest BCUT2D eigenvalue weighted by molar-refractivity contribution is 0.0605. The predicted octanol–water partition coefficient (Wildman–Crippen LogP) is 2.22. The number of methoxy groups -OCH3 is 2. The first-order valence-electron chi connectivity index (χ1n) is 6.00. The van der Waals surface area contributed by atoms with Gasteiger partial charge in [0, 0.05) is 7.11 Å². The van der Waals surface area contributed by atoms with E-state index in [1.54, 1.807) is 7.11 Å². The molecule has 2 unspecified atom stereocenters. The average Bonchev–Trinajstić information content (AvgIpc) is 2.95. The van der Waals surface area contributed by atoms with E-state index in [0.29, 0.717) is 10.6 Å². The molecular formula is C12H18N2O3S. The van der Waals surface area contributed by atoms with E-state index < -0.39 is 0 Å². The largest absolute Gasteiger partial charge is 0.465 e. The molecule has 18 heavy (non-hydrogen) atoms. The summed E-state index contributed by atoms with van der Waals surface area (Å²) in [4.78, 5) is 16.4. The van der Waals surface area contributed by atoms with Gasteiger partial charge in [0.05, 0.1) is 24.9 Å². The number of hydrogen-bond donors (Lipinski definition) is 1. The molecule has 0 aromatic carbocycles. The van der Waals surface area contributed by atoms with Crippen LogP contribution in [0.15, 0.2) is 0 Å². The summed E-state index contributed by atoms with van der Waals surface area (Å²) in [6.07, 6.45) is 3.54. The topological polar surface area (TPSA) is 60.5 Å². The number of aromatic nitrogens is 1. The molecule has 100 valence electrons. The van der Waals surface area contributed by atoms with Gasteiger partial charge in [-0.1, -0.05) is 11.3 Å². The molecule has 2 rings (SSSR count). The number of rotatable bonds is 4. The Bertz CT molecular complexity index is 433. The van der Waals surface area contributed by atoms with Crippen LogP contribution in [0.25, 0.3) is 0 Å². The smallest absolute Gasteiger partial charge is 0.350 e. The minimum Gasteiger partial charge on any atom is -0.465 e. The Morgan fingerprint density at radius 2 is 2.22 bits per heavy atom. The van der Waals surface area contributed by atoms with Gasteiger partial charge in [-0.05, 0) is 26.2 Å². The summed E-state index contributed by atoms with van der Waals surface area (Å²) in [5, 5.41) is 4.12. The molecule has 0 aliphatic heterocycles. The van der Waals surface area contributed by atoms with Gasteiger partial charge in [0.15, 0.2) is 5.13 Å². The van der Waals surface area contributed by atoms with Crippen molar-refractivity contribution in [1.29, 1.82) is 0 Å². The van der Waals surface area contributed by atoms with Crippen LogP contribution in [0.3, 0.4) is 0 Å². The highest BCUT2D eigenvalue weighted by molar-refractivity contribution is 7.17. The summed E-state index contributed by atoms with van der Waals surface area (Å²) in [6, 6.07) is 0.283. The number of nitrogens with one attached hydrogen (secondary N) is 1. The van der Waals surface area contributed by atoms with E-state index in [1.165, 1.54) is 18.4 Å². The van der Waals surface area contributed by atoms with Gasteiger partial charge >= 0.3 is 5.97 Å². The molecule has 1 saturated carbocycles. The summed E-state index contributed by atoms with van der Waals surface area (Å²) in [6.45, 7) is 1.82. The normalized spacial score (nSPS) is 23.1. The number of nitrogens with zero attached hydrogens (tertiary/aromatic N) is 1. The fourth-order valence-electron chi connectivity index (χ4n) is 2.27. The van der Waals surface area contributed by atoms with Crippen molar-refractivity contribution in [3.8, 4) is 0 Å². The summed E-state index contributed by atoms with van der Waals surface area (Å²) >= 11 is 1.34. The van der Waals surface area contributed by atoms with Crippen molar-refractivity contribution < 1.29 is 14.3 Å². The highest BCUT2D eigenvalue weighted by atomic mass is 32.1. The first kappa shape index (κ1) is 13.3. The molecule has 6 heteroatoms. The van der Waals surface area contributed by atoms with Gasteiger partial charge in [0.25, 0.3) is 0 Å². The maximum atomic E-state index is 11.5. The van der Waals surface area contributed by atoms with Gasteiger partial charge in [-0.15, -0.1) is 0 Å². The van der Waals surface area contributed by atoms with Crippen LogP contribution in [0.1, 0.15) is 34.6 Å². The van der Waals surface area contributed by atoms with E-state index in [4.69, 9.17) is 9.47 Å². The van der Waals surface area contributed by atoms with Gasteiger partial charge in [0.1, 0.15) is 4.88 Å². The average molecular weight is 270 g/mol. The second kappa shape index (κ2) is 5.67. The third-order valence-corrected chi connectivity index (χ3v) is 4.30. The molecule has 1 aliphatic rings. The maximum Gasteiger partial charge on any atom is 0.350 e. The Kier molecular flexibility index (Phi) is 4.19. The summed E-state index contributed by atoms with van der Waals surface area (Å²) in [5.74, 6) is -0.326. The molecule has 0 amide bonds. The number of esters is 1. The molecule has 1 aromatic rings. The van der Waals surface area contributed by atoms with E-state index in [0.717, 1.165) is 24.4 Å². The number of carbonyl (C=O) groups excluding carboxylic acids is 1. The Labute approximate surface area is 111 Å². The molecule has 0 spiro atoms. The zero-order valence-corrected chi connectivity index (χ0v) is 11.7. The lowest BCUT2D eigenvalue weighted by Gasteiger charge is -2.18. The Balaban J connectivity index is 2.08. The molecule has 0 saturated heterocycles. The van der Waals surface area contributed by atoms with Gasteiger partial charge in [0.2, 0.25) is 0 Å². The molecule has 1 heterocycles. The van der Waals surface area contributed by atoms with Crippen molar-refractivity contribution >= 4 is 22.4 Å². The quantitative estimate of drug-likeness (QED) is 0.850. The van der Waals surface area contributed by atoms with Crippen molar-refractivity contribution in [1.82, 2.24) is 4.98 Å². The zero-order valence-electron chi connectivity index (χ0n) is 10.9. The fraction of sp³-hybridized carbons (Fsp3) is 0.667. The predicted molar refractivity (Wildman–Crippen MR) is 70.2 cm³/mol. The van der Waals surface area contributed by atoms with Crippen LogP contribution >= 0.6 is 11.3 Å². The zero-order chi connectivity index (χ0) is 13.1. The molecule has 5 nitrogen and oxygen atoms in total. The van der Waals surface area contributed by atoms with Crippen molar-refractivity contribution in [2.24, 2.45) is 0 Å². The van der Waals surface area contributed by atoms with Gasteiger partial charge in [-0.2, -0.15) is 0 Å². The molecule has 1 aromatic heterocycles. The van der Waals surface area contributed by atoms with Crippen LogP contribution in [0.4, 0.5) is 5.13 Å². The van der Waals surface area contributed by atoms with Gasteiger partial charge in [-0.25, -0.2) is 9.78 Å². The van der Waals surface area contributed by atoms with Crippen molar-refractivity contribution in [2.75, 3.05) is 19.5 Å². The van der Waals surface area contributed by atoms with E-state index >= 15 is 0 Å². The van der Waals surface area contributed by atoms with Gasteiger partial charge < -0.3 is 14.8 Å². The van der Waals surface area contributed by atoms with Crippen molar-refractivity contribution in [2.45, 2.75) is 38.3 Å². The third kappa shape index (κ3) is 2.64. The number of hydrogen-bond acceptors (Lipinski definition) is 6. The minimum absolute atomic E-state index is 0.232. The van der Waals surface area contributed by atoms with Crippen molar-refractivity contribution in [3.05, 3.63) is 10.6 Å². The standard InChI is InChI=1S/C12H18N2O3S/c1-7-10(11(15)17-3)18-12(13-7)14-8-5-4-6-9(8)16-2/h8-9H,4-6H2,1-3H3,(H,13,14). The van der Waals surface area contributed by atoms with Crippen LogP contribution < -0.4 is 5.32 Å². The van der Waals surface area contributed by atoms with E-state index in [-0.39, 0.29) is 18.1 Å². The van der Waals surface area contributed by atoms with E-state index in [2.05, 4.69) is 10.3 Å². The van der Waals surface area contributed by atoms with E-state index in [9.17, 15) is 4.79 Å². The summed E-state index contributed by atoms with van der Waals surface area (Å²) in [5.41, 5.74) is 0.710. The number of anilines is 1. The highest BCUT2D eigenvalue weighted by Gasteiger charge is 2.28. The van der Waals surface area contributed by atoms with Gasteiger partial charge in [-0.3, -0.25) is 0 Å². The van der Waals surface area contributed by atoms with Crippen molar-refractivity contribution in [3.63, 3.8) is 0 Å². The van der Waals surface area contributed by atoms with Crippen LogP contribution in [0.5, 0.6) is 0 Å². The Morgan fingerprint density at radius 1 is 1.44 bits per heavy atom. The molecule has 1 aliphatic carbocycles. The third-order valence-electron chi connectivity index (χ3n) is 3.23. The molecule has 0 bridgehead atoms. The SMILES string of the molecule is COC(=O)c1sc(NC2CCCC2OC)nc1C. The summed E-state index contributed by atoms with van der Waals surface area (Å²) in [7, 11) is 3.12. The van der Waals surface area contributed by atoms with Crippen LogP contribution in [-0.2, 0) is 9.47 Å². The first-order valence-corrected chi connectivity index (χ1v) is 6.82. The monoisotopic (exact) mass is 270 g/mol. The number of aryl methyl sites for hydroxylation is 1. The summed E-state index contributed by atoms with van der Waals surface area (Å²) < 4.78 is 10.1. The Morgan fingerprint density at radius 3 is 2.89 bits per heavy atom. The number of thiazole rings is 1. The molecule has 1 N–H and O–H groups in total. The fourth-order valence-corrected chi connectivity index (χ4v) is 3.22. The number of ether oxygens (including phenoxy) is 2. The first-order chi connectivity index (χ1) is 8.65. The Hall–Kier alpha value is -1.14. The van der Waals surface area contributed by atoms with Crippen LogP contribution in [0, 0.1) is 6.92 Å². The number of carbonyl (C=O) groups is 1. The van der Waals surface area contributed by atoms with Crippen LogP contribution in [0.2, 0.25) is 0 Å². The highest BCUT2D eigenvalue weighted by Crippen LogP contribution is 2.29. The lowest BCUT2D eigenvalue weighted by Crippen LogP contribution is -2.29.